The topological polar surface area (TPSA) is 57.2 Å². The average Bonchev–Trinajstić information content (AvgIpc) is 2.80. The summed E-state index contributed by atoms with van der Waals surface area (Å²) in [6.45, 7) is 0.429. The van der Waals surface area contributed by atoms with Crippen LogP contribution in [0.25, 0.3) is 0 Å². The van der Waals surface area contributed by atoms with Crippen LogP contribution in [0.1, 0.15) is 24.8 Å². The Morgan fingerprint density at radius 3 is 2.55 bits per heavy atom. The lowest BCUT2D eigenvalue weighted by Crippen LogP contribution is -2.22. The van der Waals surface area contributed by atoms with Crippen molar-refractivity contribution < 1.29 is 18.3 Å². The first-order valence-corrected chi connectivity index (χ1v) is 6.59. The van der Waals surface area contributed by atoms with Gasteiger partial charge in [-0.3, -0.25) is 0 Å². The zero-order chi connectivity index (χ0) is 14.8. The molecule has 1 aliphatic carbocycles. The minimum Gasteiger partial charge on any atom is -0.393 e. The monoisotopic (exact) mass is 289 g/mol. The largest absolute Gasteiger partial charge is 0.416 e. The van der Waals surface area contributed by atoms with Gasteiger partial charge in [0.2, 0.25) is 0 Å². The molecular weight excluding hydrogens is 271 g/mol. The fourth-order valence-electron chi connectivity index (χ4n) is 2.40. The van der Waals surface area contributed by atoms with E-state index in [-0.39, 0.29) is 23.7 Å². The molecule has 1 fully saturated rings. The summed E-state index contributed by atoms with van der Waals surface area (Å²) in [7, 11) is 1.52. The second kappa shape index (κ2) is 5.87. The van der Waals surface area contributed by atoms with Gasteiger partial charge in [-0.25, -0.2) is 4.98 Å². The van der Waals surface area contributed by atoms with Gasteiger partial charge in [0.1, 0.15) is 11.6 Å². The number of aromatic nitrogens is 1. The third-order valence-electron chi connectivity index (χ3n) is 3.57. The molecule has 2 atom stereocenters. The summed E-state index contributed by atoms with van der Waals surface area (Å²) in [4.78, 5) is 4.05. The molecule has 1 aromatic heterocycles. The van der Waals surface area contributed by atoms with E-state index in [9.17, 15) is 18.3 Å². The number of nitrogens with one attached hydrogen (secondary N) is 2. The van der Waals surface area contributed by atoms with Crippen molar-refractivity contribution in [1.29, 1.82) is 0 Å². The average molecular weight is 289 g/mol. The lowest BCUT2D eigenvalue weighted by Gasteiger charge is -2.17. The molecule has 0 amide bonds. The number of aliphatic hydroxyl groups excluding tert-OH is 1. The number of pyridine rings is 1. The molecule has 0 spiro atoms. The van der Waals surface area contributed by atoms with Crippen molar-refractivity contribution in [2.24, 2.45) is 5.92 Å². The molecule has 1 aromatic rings. The summed E-state index contributed by atoms with van der Waals surface area (Å²) in [5.74, 6) is 0.405. The van der Waals surface area contributed by atoms with Crippen LogP contribution >= 0.6 is 0 Å². The van der Waals surface area contributed by atoms with Crippen molar-refractivity contribution in [2.75, 3.05) is 24.2 Å². The molecule has 1 saturated carbocycles. The molecule has 0 radical (unpaired) electrons. The molecular formula is C13H18F3N3O. The van der Waals surface area contributed by atoms with Crippen LogP contribution in [0.3, 0.4) is 0 Å². The van der Waals surface area contributed by atoms with Gasteiger partial charge in [-0.15, -0.1) is 0 Å². The lowest BCUT2D eigenvalue weighted by molar-refractivity contribution is -0.137. The van der Waals surface area contributed by atoms with Crippen LogP contribution in [0.4, 0.5) is 24.8 Å². The Labute approximate surface area is 115 Å². The fraction of sp³-hybridized carbons (Fsp3) is 0.615. The number of hydrogen-bond donors (Lipinski definition) is 3. The highest BCUT2D eigenvalue weighted by Gasteiger charge is 2.32. The summed E-state index contributed by atoms with van der Waals surface area (Å²) >= 11 is 0. The minimum absolute atomic E-state index is 0.0735. The van der Waals surface area contributed by atoms with E-state index in [4.69, 9.17) is 0 Å². The molecule has 20 heavy (non-hydrogen) atoms. The molecule has 0 saturated heterocycles. The van der Waals surface area contributed by atoms with E-state index < -0.39 is 11.7 Å². The van der Waals surface area contributed by atoms with Gasteiger partial charge in [0.05, 0.1) is 11.7 Å². The normalized spacial score (nSPS) is 22.9. The third kappa shape index (κ3) is 3.53. The molecule has 0 aromatic carbocycles. The molecule has 1 heterocycles. The fourth-order valence-corrected chi connectivity index (χ4v) is 2.40. The van der Waals surface area contributed by atoms with E-state index in [1.54, 1.807) is 0 Å². The zero-order valence-electron chi connectivity index (χ0n) is 11.2. The molecule has 112 valence electrons. The van der Waals surface area contributed by atoms with Crippen molar-refractivity contribution in [3.63, 3.8) is 0 Å². The summed E-state index contributed by atoms with van der Waals surface area (Å²) in [5, 5.41) is 15.2. The van der Waals surface area contributed by atoms with Crippen LogP contribution in [0, 0.1) is 5.92 Å². The molecule has 2 unspecified atom stereocenters. The van der Waals surface area contributed by atoms with E-state index in [0.29, 0.717) is 6.54 Å². The Morgan fingerprint density at radius 2 is 2.00 bits per heavy atom. The summed E-state index contributed by atoms with van der Waals surface area (Å²) < 4.78 is 38.3. The standard InChI is InChI=1S/C13H18F3N3O/c1-17-11-5-9(13(14,15)16)6-12(19-11)18-7-8-3-2-4-10(8)20/h5-6,8,10,20H,2-4,7H2,1H3,(H2,17,18,19). The van der Waals surface area contributed by atoms with Crippen LogP contribution in [-0.4, -0.2) is 29.8 Å². The number of aliphatic hydroxyl groups is 1. The van der Waals surface area contributed by atoms with Gasteiger partial charge >= 0.3 is 6.18 Å². The Morgan fingerprint density at radius 1 is 1.30 bits per heavy atom. The maximum absolute atomic E-state index is 12.8. The zero-order valence-corrected chi connectivity index (χ0v) is 11.2. The molecule has 0 aliphatic heterocycles. The van der Waals surface area contributed by atoms with E-state index in [0.717, 1.165) is 31.4 Å². The Balaban J connectivity index is 2.10. The van der Waals surface area contributed by atoms with Gasteiger partial charge in [0.15, 0.2) is 0 Å². The second-order valence-corrected chi connectivity index (χ2v) is 5.01. The SMILES string of the molecule is CNc1cc(C(F)(F)F)cc(NCC2CCCC2O)n1. The first kappa shape index (κ1) is 14.9. The first-order chi connectivity index (χ1) is 9.40. The van der Waals surface area contributed by atoms with Crippen molar-refractivity contribution in [3.8, 4) is 0 Å². The van der Waals surface area contributed by atoms with Crippen LogP contribution < -0.4 is 10.6 Å². The highest BCUT2D eigenvalue weighted by atomic mass is 19.4. The van der Waals surface area contributed by atoms with Crippen molar-refractivity contribution in [1.82, 2.24) is 4.98 Å². The Bertz CT molecular complexity index is 465. The summed E-state index contributed by atoms with van der Waals surface area (Å²) in [6, 6.07) is 1.96. The molecule has 2 rings (SSSR count). The molecule has 4 nitrogen and oxygen atoms in total. The van der Waals surface area contributed by atoms with E-state index in [1.165, 1.54) is 7.05 Å². The maximum atomic E-state index is 12.8. The van der Waals surface area contributed by atoms with Crippen LogP contribution in [-0.2, 0) is 6.18 Å². The highest BCUT2D eigenvalue weighted by Crippen LogP contribution is 2.32. The summed E-state index contributed by atoms with van der Waals surface area (Å²) in [5.41, 5.74) is -0.744. The van der Waals surface area contributed by atoms with Crippen molar-refractivity contribution in [2.45, 2.75) is 31.5 Å². The Hall–Kier alpha value is -1.50. The van der Waals surface area contributed by atoms with Crippen LogP contribution in [0.15, 0.2) is 12.1 Å². The number of anilines is 2. The van der Waals surface area contributed by atoms with E-state index in [1.807, 2.05) is 0 Å². The molecule has 0 bridgehead atoms. The highest BCUT2D eigenvalue weighted by molar-refractivity contribution is 5.49. The lowest BCUT2D eigenvalue weighted by atomic mass is 10.1. The van der Waals surface area contributed by atoms with E-state index >= 15 is 0 Å². The predicted molar refractivity (Wildman–Crippen MR) is 70.6 cm³/mol. The number of rotatable bonds is 4. The van der Waals surface area contributed by atoms with Crippen molar-refractivity contribution in [3.05, 3.63) is 17.7 Å². The predicted octanol–water partition coefficient (Wildman–Crippen LogP) is 2.72. The van der Waals surface area contributed by atoms with Crippen LogP contribution in [0.2, 0.25) is 0 Å². The quantitative estimate of drug-likeness (QED) is 0.797. The smallest absolute Gasteiger partial charge is 0.393 e. The van der Waals surface area contributed by atoms with Gasteiger partial charge < -0.3 is 15.7 Å². The number of halogens is 3. The minimum atomic E-state index is -4.40. The third-order valence-corrected chi connectivity index (χ3v) is 3.57. The van der Waals surface area contributed by atoms with Crippen molar-refractivity contribution >= 4 is 11.6 Å². The number of alkyl halides is 3. The second-order valence-electron chi connectivity index (χ2n) is 5.01. The van der Waals surface area contributed by atoms with Gasteiger partial charge in [0, 0.05) is 19.5 Å². The number of nitrogens with zero attached hydrogens (tertiary/aromatic N) is 1. The molecule has 1 aliphatic rings. The number of hydrogen-bond acceptors (Lipinski definition) is 4. The molecule has 3 N–H and O–H groups in total. The van der Waals surface area contributed by atoms with Crippen LogP contribution in [0.5, 0.6) is 0 Å². The van der Waals surface area contributed by atoms with Gasteiger partial charge in [0.25, 0.3) is 0 Å². The summed E-state index contributed by atoms with van der Waals surface area (Å²) in [6.07, 6.45) is -2.20. The van der Waals surface area contributed by atoms with Gasteiger partial charge in [-0.05, 0) is 25.0 Å². The van der Waals surface area contributed by atoms with Gasteiger partial charge in [-0.2, -0.15) is 13.2 Å². The Kier molecular flexibility index (Phi) is 4.37. The van der Waals surface area contributed by atoms with E-state index in [2.05, 4.69) is 15.6 Å². The first-order valence-electron chi connectivity index (χ1n) is 6.59. The maximum Gasteiger partial charge on any atom is 0.416 e. The molecule has 7 heteroatoms. The van der Waals surface area contributed by atoms with Gasteiger partial charge in [-0.1, -0.05) is 6.42 Å².